The highest BCUT2D eigenvalue weighted by molar-refractivity contribution is 5.90. The van der Waals surface area contributed by atoms with Crippen LogP contribution in [-0.4, -0.2) is 5.78 Å². The Morgan fingerprint density at radius 3 is 2.50 bits per heavy atom. The topological polar surface area (TPSA) is 17.1 Å². The van der Waals surface area contributed by atoms with E-state index < -0.39 is 0 Å². The second-order valence-corrected chi connectivity index (χ2v) is 6.53. The molecule has 3 fully saturated rings. The Balaban J connectivity index is 2.09. The zero-order valence-electron chi connectivity index (χ0n) is 9.52. The number of rotatable bonds is 0. The van der Waals surface area contributed by atoms with Crippen molar-refractivity contribution in [1.29, 1.82) is 0 Å². The fourth-order valence-corrected chi connectivity index (χ4v) is 5.27. The van der Waals surface area contributed by atoms with Crippen LogP contribution in [0.3, 0.4) is 0 Å². The maximum absolute atomic E-state index is 11.9. The highest BCUT2D eigenvalue weighted by Gasteiger charge is 2.83. The number of carbonyl (C=O) groups excluding carboxylic acids is 1. The van der Waals surface area contributed by atoms with E-state index >= 15 is 0 Å². The van der Waals surface area contributed by atoms with Crippen LogP contribution in [0, 0.1) is 22.2 Å². The summed E-state index contributed by atoms with van der Waals surface area (Å²) in [6.07, 6.45) is 6.00. The molecule has 3 saturated carbocycles. The molecule has 0 aromatic rings. The molecule has 0 aromatic heterocycles. The van der Waals surface area contributed by atoms with Crippen molar-refractivity contribution in [1.82, 2.24) is 0 Å². The van der Waals surface area contributed by atoms with Gasteiger partial charge in [0.25, 0.3) is 0 Å². The number of hydrogen-bond acceptors (Lipinski definition) is 1. The van der Waals surface area contributed by atoms with E-state index in [0.717, 1.165) is 6.42 Å². The highest BCUT2D eigenvalue weighted by Crippen LogP contribution is 2.85. The summed E-state index contributed by atoms with van der Waals surface area (Å²) in [6.45, 7) is 7.15. The van der Waals surface area contributed by atoms with Gasteiger partial charge in [0, 0.05) is 12.3 Å². The van der Waals surface area contributed by atoms with Gasteiger partial charge in [0.15, 0.2) is 0 Å². The maximum Gasteiger partial charge on any atom is 0.137 e. The van der Waals surface area contributed by atoms with Gasteiger partial charge < -0.3 is 0 Å². The molecular formula is C13H20O. The van der Waals surface area contributed by atoms with Gasteiger partial charge in [-0.15, -0.1) is 0 Å². The number of ketones is 1. The summed E-state index contributed by atoms with van der Waals surface area (Å²) in [5.41, 5.74) is 1.22. The van der Waals surface area contributed by atoms with Gasteiger partial charge in [-0.1, -0.05) is 27.2 Å². The molecule has 0 amide bonds. The lowest BCUT2D eigenvalue weighted by atomic mass is 9.62. The molecule has 0 bridgehead atoms. The molecule has 0 N–H and O–H groups in total. The second-order valence-electron chi connectivity index (χ2n) is 6.53. The van der Waals surface area contributed by atoms with E-state index in [9.17, 15) is 4.79 Å². The van der Waals surface area contributed by atoms with Gasteiger partial charge in [0.05, 0.1) is 0 Å². The average Bonchev–Trinajstić information content (AvgIpc) is 2.44. The molecule has 0 unspecified atom stereocenters. The Hall–Kier alpha value is -0.330. The molecule has 1 heteroatoms. The number of hydrogen-bond donors (Lipinski definition) is 0. The Bertz CT molecular complexity index is 317. The van der Waals surface area contributed by atoms with Crippen molar-refractivity contribution >= 4 is 5.78 Å². The van der Waals surface area contributed by atoms with Gasteiger partial charge in [-0.3, -0.25) is 4.79 Å². The highest BCUT2D eigenvalue weighted by atomic mass is 16.1. The molecule has 3 atom stereocenters. The summed E-state index contributed by atoms with van der Waals surface area (Å²) in [6, 6.07) is 0. The Labute approximate surface area is 86.3 Å². The number of fused-ring (bicyclic) bond motifs is 1. The van der Waals surface area contributed by atoms with E-state index in [0.29, 0.717) is 27.9 Å². The summed E-state index contributed by atoms with van der Waals surface area (Å²) in [5.74, 6) is 1.01. The molecule has 3 rings (SSSR count). The lowest BCUT2D eigenvalue weighted by molar-refractivity contribution is -0.120. The Kier molecular flexibility index (Phi) is 1.34. The number of carbonyl (C=O) groups is 1. The fourth-order valence-electron chi connectivity index (χ4n) is 5.27. The van der Waals surface area contributed by atoms with Crippen LogP contribution in [0.5, 0.6) is 0 Å². The molecule has 78 valence electrons. The van der Waals surface area contributed by atoms with Crippen molar-refractivity contribution in [3.8, 4) is 0 Å². The third kappa shape index (κ3) is 0.637. The van der Waals surface area contributed by atoms with E-state index in [1.165, 1.54) is 25.7 Å². The minimum absolute atomic E-state index is 0.393. The van der Waals surface area contributed by atoms with Crippen molar-refractivity contribution in [3.05, 3.63) is 0 Å². The first kappa shape index (κ1) is 8.94. The van der Waals surface area contributed by atoms with Crippen molar-refractivity contribution in [2.75, 3.05) is 0 Å². The van der Waals surface area contributed by atoms with Crippen LogP contribution in [0.1, 0.15) is 52.9 Å². The zero-order valence-corrected chi connectivity index (χ0v) is 9.52. The first-order valence-electron chi connectivity index (χ1n) is 5.98. The minimum Gasteiger partial charge on any atom is -0.299 e. The van der Waals surface area contributed by atoms with Gasteiger partial charge in [-0.2, -0.15) is 0 Å². The van der Waals surface area contributed by atoms with Gasteiger partial charge in [-0.25, -0.2) is 0 Å². The SMILES string of the molecule is CC1(C)CCC[C@]2(C)[C@H]3C(=O)CC[C@@]312. The quantitative estimate of drug-likeness (QED) is 0.576. The molecule has 0 aromatic carbocycles. The van der Waals surface area contributed by atoms with Crippen LogP contribution in [0.2, 0.25) is 0 Å². The smallest absolute Gasteiger partial charge is 0.137 e. The minimum atomic E-state index is 0.393. The molecule has 0 aliphatic heterocycles. The van der Waals surface area contributed by atoms with E-state index in [2.05, 4.69) is 20.8 Å². The van der Waals surface area contributed by atoms with Crippen LogP contribution < -0.4 is 0 Å². The lowest BCUT2D eigenvalue weighted by Crippen LogP contribution is -2.33. The van der Waals surface area contributed by atoms with E-state index in [4.69, 9.17) is 0 Å². The third-order valence-corrected chi connectivity index (χ3v) is 5.86. The van der Waals surface area contributed by atoms with Gasteiger partial charge in [0.1, 0.15) is 5.78 Å². The van der Waals surface area contributed by atoms with E-state index in [1.54, 1.807) is 0 Å². The second kappa shape index (κ2) is 2.10. The van der Waals surface area contributed by atoms with Crippen molar-refractivity contribution in [2.24, 2.45) is 22.2 Å². The first-order valence-corrected chi connectivity index (χ1v) is 5.98. The maximum atomic E-state index is 11.9. The standard InChI is InChI=1S/C13H20O/c1-11(2)6-4-7-12(3)10-9(14)5-8-13(10,11)12/h10H,4-8H2,1-3H3/t10-,12-,13-/m1/s1. The predicted molar refractivity (Wildman–Crippen MR) is 55.9 cm³/mol. The summed E-state index contributed by atoms with van der Waals surface area (Å²) in [5, 5.41) is 0. The molecule has 3 aliphatic rings. The fraction of sp³-hybridized carbons (Fsp3) is 0.923. The first-order chi connectivity index (χ1) is 6.46. The van der Waals surface area contributed by atoms with Gasteiger partial charge in [0.2, 0.25) is 0 Å². The monoisotopic (exact) mass is 192 g/mol. The van der Waals surface area contributed by atoms with Crippen molar-refractivity contribution in [2.45, 2.75) is 52.9 Å². The molecular weight excluding hydrogens is 172 g/mol. The van der Waals surface area contributed by atoms with Crippen molar-refractivity contribution < 1.29 is 4.79 Å². The molecule has 3 aliphatic carbocycles. The average molecular weight is 192 g/mol. The van der Waals surface area contributed by atoms with Gasteiger partial charge in [-0.05, 0) is 35.5 Å². The summed E-state index contributed by atoms with van der Waals surface area (Å²) in [7, 11) is 0. The van der Waals surface area contributed by atoms with Crippen molar-refractivity contribution in [3.63, 3.8) is 0 Å². The normalized spacial score (nSPS) is 53.9. The largest absolute Gasteiger partial charge is 0.299 e. The van der Waals surface area contributed by atoms with Crippen LogP contribution in [0.15, 0.2) is 0 Å². The summed E-state index contributed by atoms with van der Waals surface area (Å²) in [4.78, 5) is 11.9. The van der Waals surface area contributed by atoms with Crippen LogP contribution in [-0.2, 0) is 4.79 Å². The predicted octanol–water partition coefficient (Wildman–Crippen LogP) is 3.18. The van der Waals surface area contributed by atoms with Gasteiger partial charge >= 0.3 is 0 Å². The molecule has 1 spiro atoms. The molecule has 1 nitrogen and oxygen atoms in total. The number of Topliss-reactive ketones (excluding diaryl/α,β-unsaturated/α-hetero) is 1. The molecule has 14 heavy (non-hydrogen) atoms. The molecule has 0 radical (unpaired) electrons. The van der Waals surface area contributed by atoms with Crippen LogP contribution >= 0.6 is 0 Å². The Morgan fingerprint density at radius 1 is 1.14 bits per heavy atom. The summed E-state index contributed by atoms with van der Waals surface area (Å²) < 4.78 is 0. The van der Waals surface area contributed by atoms with Crippen LogP contribution in [0.25, 0.3) is 0 Å². The third-order valence-electron chi connectivity index (χ3n) is 5.86. The Morgan fingerprint density at radius 2 is 1.86 bits per heavy atom. The summed E-state index contributed by atoms with van der Waals surface area (Å²) >= 11 is 0. The van der Waals surface area contributed by atoms with E-state index in [1.807, 2.05) is 0 Å². The molecule has 0 heterocycles. The van der Waals surface area contributed by atoms with Crippen LogP contribution in [0.4, 0.5) is 0 Å². The zero-order chi connectivity index (χ0) is 10.2. The van der Waals surface area contributed by atoms with E-state index in [-0.39, 0.29) is 0 Å². The lowest BCUT2D eigenvalue weighted by Gasteiger charge is -2.42. The molecule has 0 saturated heterocycles.